The summed E-state index contributed by atoms with van der Waals surface area (Å²) in [4.78, 5) is 2.31. The first-order valence-corrected chi connectivity index (χ1v) is 19.0. The summed E-state index contributed by atoms with van der Waals surface area (Å²) < 4.78 is 2.03. The minimum absolute atomic E-state index is 0.178. The smallest absolute Gasteiger partial charge is 0.0632 e. The van der Waals surface area contributed by atoms with E-state index in [0.29, 0.717) is 0 Å². The van der Waals surface area contributed by atoms with Crippen LogP contribution in [-0.4, -0.2) is 3.97 Å². The first kappa shape index (κ1) is 35.9. The van der Waals surface area contributed by atoms with Gasteiger partial charge in [0, 0.05) is 39.9 Å². The molecule has 3 aromatic carbocycles. The fourth-order valence-corrected chi connectivity index (χ4v) is 8.26. The standard InChI is InChI=1S/C50H48N2S/c1-7-9-21-39(8-2)51(41-31-36(6)50-47(33-41)44-24-11-10-12-26-48(44)52(50)53)40-29-27-37(28-30-40)46-32-38-20-13-14-22-42(38)49(35(5)19-17-18-34(3)4)45-25-16-15-23-43(45)46/h7-9,11-33,35,38,53H,2,10H2,1,3-6H3/b9-7-,19-17-,39-21+. The largest absolute Gasteiger partial charge is 0.310 e. The summed E-state index contributed by atoms with van der Waals surface area (Å²) in [6, 6.07) is 22.5. The number of rotatable bonds is 9. The monoisotopic (exact) mass is 708 g/mol. The number of hydrogen-bond donors (Lipinski definition) is 1. The number of anilines is 2. The van der Waals surface area contributed by atoms with Crippen molar-refractivity contribution in [2.45, 2.75) is 41.0 Å². The van der Waals surface area contributed by atoms with Gasteiger partial charge in [0.05, 0.1) is 11.2 Å². The lowest BCUT2D eigenvalue weighted by molar-refractivity contribution is 0.918. The molecular formula is C50H48N2S. The highest BCUT2D eigenvalue weighted by Gasteiger charge is 2.27. The van der Waals surface area contributed by atoms with Gasteiger partial charge in [-0.15, -0.1) is 0 Å². The average molecular weight is 709 g/mol. The number of aryl methyl sites for hydroxylation is 1. The van der Waals surface area contributed by atoms with Gasteiger partial charge in [-0.2, -0.15) is 0 Å². The molecule has 0 bridgehead atoms. The van der Waals surface area contributed by atoms with Crippen LogP contribution in [0.1, 0.15) is 67.6 Å². The SMILES string of the molecule is C=C/C(=C\C=C/C)N(c1ccc(C2=CC3C=CC=CC3=C(C(C)/C=C\C=C(C)C)c3ccccc32)cc1)c1cc(C)c2c(c1)c1c(n2S)C=CCC=C1. The highest BCUT2D eigenvalue weighted by Crippen LogP contribution is 2.45. The van der Waals surface area contributed by atoms with Crippen molar-refractivity contribution in [1.29, 1.82) is 0 Å². The van der Waals surface area contributed by atoms with Gasteiger partial charge in [0.25, 0.3) is 0 Å². The number of aromatic nitrogens is 1. The van der Waals surface area contributed by atoms with E-state index in [1.807, 2.05) is 17.0 Å². The van der Waals surface area contributed by atoms with Crippen LogP contribution in [0.15, 0.2) is 169 Å². The summed E-state index contributed by atoms with van der Waals surface area (Å²) in [6.07, 6.45) is 36.1. The second-order valence-corrected chi connectivity index (χ2v) is 14.6. The molecule has 0 saturated heterocycles. The van der Waals surface area contributed by atoms with Crippen LogP contribution in [0.5, 0.6) is 0 Å². The Labute approximate surface area is 321 Å². The van der Waals surface area contributed by atoms with Gasteiger partial charge in [-0.25, -0.2) is 0 Å². The third kappa shape index (κ3) is 7.02. The zero-order valence-electron chi connectivity index (χ0n) is 31.4. The van der Waals surface area contributed by atoms with E-state index in [1.165, 1.54) is 49.9 Å². The third-order valence-corrected chi connectivity index (χ3v) is 10.7. The van der Waals surface area contributed by atoms with Crippen LogP contribution in [-0.2, 0) is 0 Å². The molecule has 3 aliphatic carbocycles. The minimum Gasteiger partial charge on any atom is -0.310 e. The summed E-state index contributed by atoms with van der Waals surface area (Å²) in [6.45, 7) is 15.1. The van der Waals surface area contributed by atoms with Crippen molar-refractivity contribution >= 4 is 58.4 Å². The molecule has 0 radical (unpaired) electrons. The fourth-order valence-electron chi connectivity index (χ4n) is 7.82. The van der Waals surface area contributed by atoms with Crippen LogP contribution in [0.2, 0.25) is 0 Å². The molecule has 7 rings (SSSR count). The van der Waals surface area contributed by atoms with Crippen LogP contribution in [0.25, 0.3) is 34.2 Å². The van der Waals surface area contributed by atoms with Crippen molar-refractivity contribution in [3.05, 3.63) is 203 Å². The van der Waals surface area contributed by atoms with Gasteiger partial charge in [0.1, 0.15) is 0 Å². The van der Waals surface area contributed by atoms with E-state index < -0.39 is 0 Å². The number of benzene rings is 3. The highest BCUT2D eigenvalue weighted by molar-refractivity contribution is 7.78. The normalized spacial score (nSPS) is 17.1. The number of allylic oxidation sites excluding steroid dienone is 17. The maximum atomic E-state index is 4.95. The lowest BCUT2D eigenvalue weighted by atomic mass is 9.82. The van der Waals surface area contributed by atoms with E-state index in [2.05, 4.69) is 191 Å². The zero-order chi connectivity index (χ0) is 37.1. The van der Waals surface area contributed by atoms with Crippen LogP contribution in [0.4, 0.5) is 11.4 Å². The van der Waals surface area contributed by atoms with Gasteiger partial charge in [-0.05, 0) is 116 Å². The van der Waals surface area contributed by atoms with E-state index in [-0.39, 0.29) is 11.8 Å². The maximum absolute atomic E-state index is 4.95. The maximum Gasteiger partial charge on any atom is 0.0632 e. The predicted molar refractivity (Wildman–Crippen MR) is 235 cm³/mol. The Kier molecular flexibility index (Phi) is 10.6. The molecule has 0 amide bonds. The van der Waals surface area contributed by atoms with Gasteiger partial charge in [-0.1, -0.05) is 147 Å². The first-order valence-electron chi connectivity index (χ1n) is 18.6. The summed E-state index contributed by atoms with van der Waals surface area (Å²) in [5, 5.41) is 1.18. The van der Waals surface area contributed by atoms with Gasteiger partial charge >= 0.3 is 0 Å². The topological polar surface area (TPSA) is 8.17 Å². The van der Waals surface area contributed by atoms with Gasteiger partial charge in [0.15, 0.2) is 0 Å². The van der Waals surface area contributed by atoms with Gasteiger partial charge in [-0.3, -0.25) is 3.97 Å². The molecule has 4 aromatic rings. The van der Waals surface area contributed by atoms with Crippen molar-refractivity contribution in [2.24, 2.45) is 11.8 Å². The molecule has 53 heavy (non-hydrogen) atoms. The van der Waals surface area contributed by atoms with E-state index in [1.54, 1.807) is 0 Å². The first-order chi connectivity index (χ1) is 25.8. The molecule has 0 N–H and O–H groups in total. The minimum atomic E-state index is 0.178. The van der Waals surface area contributed by atoms with Gasteiger partial charge < -0.3 is 4.90 Å². The summed E-state index contributed by atoms with van der Waals surface area (Å²) in [7, 11) is 0. The fraction of sp³-hybridized carbons (Fsp3) is 0.160. The van der Waals surface area contributed by atoms with Crippen molar-refractivity contribution in [3.63, 3.8) is 0 Å². The number of fused-ring (bicyclic) bond motifs is 5. The Bertz CT molecular complexity index is 2390. The van der Waals surface area contributed by atoms with Crippen molar-refractivity contribution in [3.8, 4) is 0 Å². The molecular weight excluding hydrogens is 661 g/mol. The molecule has 2 atom stereocenters. The Morgan fingerprint density at radius 3 is 2.45 bits per heavy atom. The molecule has 0 spiro atoms. The third-order valence-electron chi connectivity index (χ3n) is 10.3. The Morgan fingerprint density at radius 1 is 0.925 bits per heavy atom. The average Bonchev–Trinajstić information content (AvgIpc) is 3.32. The molecule has 2 nitrogen and oxygen atoms in total. The number of hydrogen-bond acceptors (Lipinski definition) is 2. The van der Waals surface area contributed by atoms with E-state index >= 15 is 0 Å². The second kappa shape index (κ2) is 15.6. The Balaban J connectivity index is 1.35. The van der Waals surface area contributed by atoms with Crippen LogP contribution in [0.3, 0.4) is 0 Å². The summed E-state index contributed by atoms with van der Waals surface area (Å²) in [5.74, 6) is 0.420. The van der Waals surface area contributed by atoms with Crippen LogP contribution in [0, 0.1) is 18.8 Å². The Morgan fingerprint density at radius 2 is 1.70 bits per heavy atom. The molecule has 1 heterocycles. The molecule has 0 saturated carbocycles. The van der Waals surface area contributed by atoms with Crippen molar-refractivity contribution in [1.82, 2.24) is 3.97 Å². The molecule has 1 aromatic heterocycles. The zero-order valence-corrected chi connectivity index (χ0v) is 32.3. The quantitative estimate of drug-likeness (QED) is 0.134. The van der Waals surface area contributed by atoms with Crippen LogP contribution >= 0.6 is 12.8 Å². The Hall–Kier alpha value is -5.51. The predicted octanol–water partition coefficient (Wildman–Crippen LogP) is 14.0. The molecule has 3 heteroatoms. The van der Waals surface area contributed by atoms with E-state index in [0.717, 1.165) is 40.3 Å². The molecule has 3 aliphatic rings. The van der Waals surface area contributed by atoms with E-state index in [9.17, 15) is 0 Å². The van der Waals surface area contributed by atoms with Crippen molar-refractivity contribution < 1.29 is 0 Å². The molecule has 0 fully saturated rings. The lowest BCUT2D eigenvalue weighted by Gasteiger charge is -2.27. The van der Waals surface area contributed by atoms with Gasteiger partial charge in [0.2, 0.25) is 0 Å². The highest BCUT2D eigenvalue weighted by atomic mass is 32.1. The summed E-state index contributed by atoms with van der Waals surface area (Å²) >= 11 is 4.95. The molecule has 2 unspecified atom stereocenters. The summed E-state index contributed by atoms with van der Waals surface area (Å²) in [5.41, 5.74) is 16.8. The van der Waals surface area contributed by atoms with Crippen molar-refractivity contribution in [2.75, 3.05) is 4.90 Å². The number of thiol groups is 1. The van der Waals surface area contributed by atoms with Crippen LogP contribution < -0.4 is 4.90 Å². The second-order valence-electron chi connectivity index (χ2n) is 14.2. The number of nitrogens with zero attached hydrogens (tertiary/aromatic N) is 2. The lowest BCUT2D eigenvalue weighted by Crippen LogP contribution is -2.15. The molecule has 0 aliphatic heterocycles. The van der Waals surface area contributed by atoms with E-state index in [4.69, 9.17) is 12.8 Å². The molecule has 264 valence electrons.